The Morgan fingerprint density at radius 3 is 1.71 bits per heavy atom. The molecule has 0 unspecified atom stereocenters. The molecule has 4 nitrogen and oxygen atoms in total. The standard InChI is InChI=1S/C44H26N4/c1-46-31-23-26-38(43(27-31)48-42-20-9-6-16-37(42)39-17-10-11-30(28-45)44(39)48)34-13-3-2-12-33(34)29-21-24-32(25-22-29)47-40-18-7-4-14-35(40)36-15-5-8-19-41(36)47/h2-27H. The molecule has 0 bridgehead atoms. The van der Waals surface area contributed by atoms with Gasteiger partial charge in [-0.1, -0.05) is 115 Å². The van der Waals surface area contributed by atoms with E-state index in [0.29, 0.717) is 11.3 Å². The topological polar surface area (TPSA) is 38.0 Å². The zero-order valence-electron chi connectivity index (χ0n) is 25.8. The highest BCUT2D eigenvalue weighted by atomic mass is 15.0. The summed E-state index contributed by atoms with van der Waals surface area (Å²) in [5.74, 6) is 0. The van der Waals surface area contributed by atoms with Crippen molar-refractivity contribution in [3.05, 3.63) is 175 Å². The van der Waals surface area contributed by atoms with Crippen molar-refractivity contribution in [3.8, 4) is 39.7 Å². The van der Waals surface area contributed by atoms with Crippen LogP contribution in [0.1, 0.15) is 5.56 Å². The zero-order valence-corrected chi connectivity index (χ0v) is 25.8. The van der Waals surface area contributed by atoms with E-state index in [1.54, 1.807) is 0 Å². The Bertz CT molecular complexity index is 2750. The van der Waals surface area contributed by atoms with Gasteiger partial charge in [0.15, 0.2) is 5.69 Å². The van der Waals surface area contributed by atoms with Crippen LogP contribution in [-0.2, 0) is 0 Å². The zero-order chi connectivity index (χ0) is 32.2. The Morgan fingerprint density at radius 2 is 1.06 bits per heavy atom. The first kappa shape index (κ1) is 27.4. The average molecular weight is 611 g/mol. The molecule has 7 aromatic carbocycles. The van der Waals surface area contributed by atoms with Gasteiger partial charge in [0, 0.05) is 38.5 Å². The predicted octanol–water partition coefficient (Wildman–Crippen LogP) is 11.6. The Labute approximate surface area is 277 Å². The Hall–Kier alpha value is -6.88. The van der Waals surface area contributed by atoms with Crippen LogP contribution >= 0.6 is 0 Å². The summed E-state index contributed by atoms with van der Waals surface area (Å²) in [5, 5.41) is 14.8. The quantitative estimate of drug-likeness (QED) is 0.183. The molecule has 0 amide bonds. The highest BCUT2D eigenvalue weighted by molar-refractivity contribution is 6.12. The van der Waals surface area contributed by atoms with Gasteiger partial charge in [-0.25, -0.2) is 4.85 Å². The molecule has 0 aliphatic heterocycles. The maximum atomic E-state index is 10.2. The smallest absolute Gasteiger partial charge is 0.189 e. The van der Waals surface area contributed by atoms with Gasteiger partial charge in [-0.3, -0.25) is 0 Å². The first-order valence-corrected chi connectivity index (χ1v) is 15.9. The van der Waals surface area contributed by atoms with Crippen molar-refractivity contribution < 1.29 is 0 Å². The number of nitrogens with zero attached hydrogens (tertiary/aromatic N) is 4. The minimum atomic E-state index is 0.544. The van der Waals surface area contributed by atoms with E-state index in [1.165, 1.54) is 21.8 Å². The number of benzene rings is 7. The third kappa shape index (κ3) is 4.07. The van der Waals surface area contributed by atoms with Crippen LogP contribution in [0.25, 0.3) is 82.1 Å². The van der Waals surface area contributed by atoms with Gasteiger partial charge in [0.25, 0.3) is 0 Å². The van der Waals surface area contributed by atoms with Crippen LogP contribution in [0, 0.1) is 17.9 Å². The summed E-state index contributed by atoms with van der Waals surface area (Å²) in [6.45, 7) is 7.86. The molecular formula is C44H26N4. The Kier molecular flexibility index (Phi) is 6.22. The summed E-state index contributed by atoms with van der Waals surface area (Å²) in [5.41, 5.74) is 11.5. The van der Waals surface area contributed by atoms with Crippen LogP contribution in [0.2, 0.25) is 0 Å². The van der Waals surface area contributed by atoms with Crippen molar-refractivity contribution in [1.82, 2.24) is 9.13 Å². The lowest BCUT2D eigenvalue weighted by Crippen LogP contribution is -1.99. The van der Waals surface area contributed by atoms with Gasteiger partial charge < -0.3 is 9.13 Å². The van der Waals surface area contributed by atoms with E-state index in [-0.39, 0.29) is 0 Å². The van der Waals surface area contributed by atoms with Crippen LogP contribution in [-0.4, -0.2) is 9.13 Å². The molecular weight excluding hydrogens is 585 g/mol. The highest BCUT2D eigenvalue weighted by Crippen LogP contribution is 2.42. The molecule has 0 radical (unpaired) electrons. The van der Waals surface area contributed by atoms with E-state index < -0.39 is 0 Å². The molecule has 0 atom stereocenters. The summed E-state index contributed by atoms with van der Waals surface area (Å²) in [7, 11) is 0. The molecule has 0 fully saturated rings. The van der Waals surface area contributed by atoms with Crippen LogP contribution in [0.4, 0.5) is 5.69 Å². The van der Waals surface area contributed by atoms with E-state index in [4.69, 9.17) is 6.57 Å². The first-order valence-electron chi connectivity index (χ1n) is 15.9. The SMILES string of the molecule is [C-]#[N+]c1ccc(-c2ccccc2-c2ccc(-n3c4ccccc4c4ccccc43)cc2)c(-n2c3ccccc3c3cccc(C#N)c32)c1. The van der Waals surface area contributed by atoms with Gasteiger partial charge in [-0.15, -0.1) is 0 Å². The summed E-state index contributed by atoms with van der Waals surface area (Å²) < 4.78 is 4.49. The van der Waals surface area contributed by atoms with Crippen molar-refractivity contribution in [1.29, 1.82) is 5.26 Å². The molecule has 48 heavy (non-hydrogen) atoms. The van der Waals surface area contributed by atoms with Crippen molar-refractivity contribution in [3.63, 3.8) is 0 Å². The van der Waals surface area contributed by atoms with Gasteiger partial charge in [-0.05, 0) is 59.2 Å². The molecule has 9 aromatic rings. The molecule has 0 aliphatic rings. The average Bonchev–Trinajstić information content (AvgIpc) is 3.68. The summed E-state index contributed by atoms with van der Waals surface area (Å²) in [4.78, 5) is 3.81. The van der Waals surface area contributed by atoms with Gasteiger partial charge >= 0.3 is 0 Å². The molecule has 0 aliphatic carbocycles. The Morgan fingerprint density at radius 1 is 0.500 bits per heavy atom. The number of hydrogen-bond donors (Lipinski definition) is 0. The molecule has 4 heteroatoms. The number of para-hydroxylation sites is 4. The lowest BCUT2D eigenvalue weighted by atomic mass is 9.93. The molecule has 0 saturated heterocycles. The normalized spacial score (nSPS) is 11.3. The minimum absolute atomic E-state index is 0.544. The molecule has 2 heterocycles. The molecule has 222 valence electrons. The minimum Gasteiger partial charge on any atom is -0.309 e. The monoisotopic (exact) mass is 610 g/mol. The number of aromatic nitrogens is 2. The van der Waals surface area contributed by atoms with Gasteiger partial charge in [0.1, 0.15) is 6.07 Å². The van der Waals surface area contributed by atoms with E-state index in [0.717, 1.165) is 55.4 Å². The van der Waals surface area contributed by atoms with Gasteiger partial charge in [0.2, 0.25) is 0 Å². The van der Waals surface area contributed by atoms with Crippen molar-refractivity contribution in [2.75, 3.05) is 0 Å². The molecule has 0 saturated carbocycles. The third-order valence-corrected chi connectivity index (χ3v) is 9.40. The lowest BCUT2D eigenvalue weighted by molar-refractivity contribution is 1.18. The molecule has 2 aromatic heterocycles. The van der Waals surface area contributed by atoms with E-state index >= 15 is 0 Å². The molecule has 0 spiro atoms. The fraction of sp³-hybridized carbons (Fsp3) is 0. The Balaban J connectivity index is 1.25. The second-order valence-corrected chi connectivity index (χ2v) is 11.9. The number of rotatable bonds is 4. The van der Waals surface area contributed by atoms with Crippen LogP contribution in [0.5, 0.6) is 0 Å². The fourth-order valence-electron chi connectivity index (χ4n) is 7.32. The number of fused-ring (bicyclic) bond motifs is 6. The van der Waals surface area contributed by atoms with Crippen LogP contribution in [0.15, 0.2) is 158 Å². The predicted molar refractivity (Wildman–Crippen MR) is 197 cm³/mol. The summed E-state index contributed by atoms with van der Waals surface area (Å²) in [6.07, 6.45) is 0. The van der Waals surface area contributed by atoms with Crippen LogP contribution in [0.3, 0.4) is 0 Å². The third-order valence-electron chi connectivity index (χ3n) is 9.40. The van der Waals surface area contributed by atoms with Gasteiger partial charge in [-0.2, -0.15) is 5.26 Å². The van der Waals surface area contributed by atoms with E-state index in [1.807, 2.05) is 42.5 Å². The van der Waals surface area contributed by atoms with E-state index in [2.05, 4.69) is 135 Å². The molecule has 0 N–H and O–H groups in total. The highest BCUT2D eigenvalue weighted by Gasteiger charge is 2.20. The van der Waals surface area contributed by atoms with Gasteiger partial charge in [0.05, 0.1) is 34.2 Å². The van der Waals surface area contributed by atoms with Crippen molar-refractivity contribution in [2.45, 2.75) is 0 Å². The summed E-state index contributed by atoms with van der Waals surface area (Å²) >= 11 is 0. The fourth-order valence-corrected chi connectivity index (χ4v) is 7.32. The largest absolute Gasteiger partial charge is 0.309 e. The first-order chi connectivity index (χ1) is 23.7. The second-order valence-electron chi connectivity index (χ2n) is 11.9. The maximum absolute atomic E-state index is 10.2. The number of nitriles is 1. The van der Waals surface area contributed by atoms with Crippen LogP contribution < -0.4 is 0 Å². The second kappa shape index (κ2) is 10.9. The maximum Gasteiger partial charge on any atom is 0.189 e. The molecule has 9 rings (SSSR count). The van der Waals surface area contributed by atoms with Crippen molar-refractivity contribution >= 4 is 49.3 Å². The van der Waals surface area contributed by atoms with E-state index in [9.17, 15) is 5.26 Å². The lowest BCUT2D eigenvalue weighted by Gasteiger charge is -2.18. The van der Waals surface area contributed by atoms with Crippen molar-refractivity contribution in [2.24, 2.45) is 0 Å². The summed E-state index contributed by atoms with van der Waals surface area (Å²) in [6, 6.07) is 56.7. The number of hydrogen-bond acceptors (Lipinski definition) is 1.